The zero-order valence-corrected chi connectivity index (χ0v) is 12.1. The first-order valence-corrected chi connectivity index (χ1v) is 7.88. The van der Waals surface area contributed by atoms with E-state index in [0.717, 1.165) is 31.2 Å². The van der Waals surface area contributed by atoms with Crippen molar-refractivity contribution in [2.45, 2.75) is 51.4 Å². The fourth-order valence-electron chi connectivity index (χ4n) is 3.69. The summed E-state index contributed by atoms with van der Waals surface area (Å²) in [4.78, 5) is 22.0. The highest BCUT2D eigenvalue weighted by molar-refractivity contribution is 5.73. The Labute approximate surface area is 120 Å². The minimum absolute atomic E-state index is 0.0778. The second kappa shape index (κ2) is 7.50. The Morgan fingerprint density at radius 2 is 1.90 bits per heavy atom. The normalized spacial score (nSPS) is 27.5. The lowest BCUT2D eigenvalue weighted by atomic mass is 9.89. The van der Waals surface area contributed by atoms with Gasteiger partial charge in [0.1, 0.15) is 0 Å². The molecule has 0 aliphatic heterocycles. The molecular formula is C15H26N2O3. The predicted octanol–water partition coefficient (Wildman–Crippen LogP) is 2.37. The number of carboxylic acids is 1. The molecule has 5 heteroatoms. The Kier molecular flexibility index (Phi) is 5.68. The average Bonchev–Trinajstić information content (AvgIpc) is 3.02. The van der Waals surface area contributed by atoms with Crippen LogP contribution in [0.25, 0.3) is 0 Å². The molecule has 20 heavy (non-hydrogen) atoms. The van der Waals surface area contributed by atoms with Gasteiger partial charge in [-0.1, -0.05) is 12.8 Å². The van der Waals surface area contributed by atoms with Gasteiger partial charge in [-0.05, 0) is 49.9 Å². The van der Waals surface area contributed by atoms with Gasteiger partial charge in [0.25, 0.3) is 0 Å². The third kappa shape index (κ3) is 4.69. The molecule has 3 unspecified atom stereocenters. The van der Waals surface area contributed by atoms with E-state index >= 15 is 0 Å². The number of fused-ring (bicyclic) bond motifs is 2. The highest BCUT2D eigenvalue weighted by Crippen LogP contribution is 2.47. The third-order valence-corrected chi connectivity index (χ3v) is 4.76. The number of nitrogens with one attached hydrogen (secondary N) is 2. The number of hydrogen-bond acceptors (Lipinski definition) is 2. The number of urea groups is 1. The van der Waals surface area contributed by atoms with E-state index in [2.05, 4.69) is 10.6 Å². The molecule has 2 aliphatic rings. The first-order valence-electron chi connectivity index (χ1n) is 7.88. The summed E-state index contributed by atoms with van der Waals surface area (Å²) in [6, 6.07) is -0.0778. The topological polar surface area (TPSA) is 78.4 Å². The molecule has 0 radical (unpaired) electrons. The minimum Gasteiger partial charge on any atom is -0.481 e. The van der Waals surface area contributed by atoms with Crippen LogP contribution in [0.15, 0.2) is 0 Å². The maximum absolute atomic E-state index is 11.6. The molecule has 3 N–H and O–H groups in total. The number of amides is 2. The van der Waals surface area contributed by atoms with Crippen LogP contribution in [0.2, 0.25) is 0 Å². The quantitative estimate of drug-likeness (QED) is 0.598. The van der Waals surface area contributed by atoms with E-state index in [0.29, 0.717) is 18.9 Å². The van der Waals surface area contributed by atoms with Gasteiger partial charge in [-0.25, -0.2) is 4.79 Å². The van der Waals surface area contributed by atoms with Crippen LogP contribution < -0.4 is 10.6 Å². The molecule has 0 heterocycles. The van der Waals surface area contributed by atoms with Gasteiger partial charge in [0.15, 0.2) is 0 Å². The van der Waals surface area contributed by atoms with E-state index < -0.39 is 5.97 Å². The van der Waals surface area contributed by atoms with Crippen molar-refractivity contribution in [1.29, 1.82) is 0 Å². The summed E-state index contributed by atoms with van der Waals surface area (Å²) in [6.07, 6.45) is 8.00. The van der Waals surface area contributed by atoms with Gasteiger partial charge in [-0.15, -0.1) is 0 Å². The van der Waals surface area contributed by atoms with Crippen molar-refractivity contribution in [3.63, 3.8) is 0 Å². The minimum atomic E-state index is -0.749. The summed E-state index contributed by atoms with van der Waals surface area (Å²) in [5, 5.41) is 14.3. The van der Waals surface area contributed by atoms with Gasteiger partial charge < -0.3 is 15.7 Å². The zero-order valence-electron chi connectivity index (χ0n) is 12.1. The van der Waals surface area contributed by atoms with Crippen molar-refractivity contribution in [2.24, 2.45) is 17.8 Å². The number of carbonyl (C=O) groups excluding carboxylic acids is 1. The Hall–Kier alpha value is -1.26. The molecule has 2 rings (SSSR count). The highest BCUT2D eigenvalue weighted by Gasteiger charge is 2.39. The number of hydrogen-bond donors (Lipinski definition) is 3. The fourth-order valence-corrected chi connectivity index (χ4v) is 3.69. The molecule has 5 nitrogen and oxygen atoms in total. The lowest BCUT2D eigenvalue weighted by Crippen LogP contribution is -2.39. The largest absolute Gasteiger partial charge is 0.481 e. The van der Waals surface area contributed by atoms with Gasteiger partial charge in [0, 0.05) is 19.5 Å². The molecule has 0 aromatic heterocycles. The molecule has 0 aromatic carbocycles. The van der Waals surface area contributed by atoms with Crippen molar-refractivity contribution in [3.05, 3.63) is 0 Å². The van der Waals surface area contributed by atoms with E-state index in [1.165, 1.54) is 25.7 Å². The van der Waals surface area contributed by atoms with Gasteiger partial charge >= 0.3 is 12.0 Å². The van der Waals surface area contributed by atoms with E-state index in [1.807, 2.05) is 0 Å². The van der Waals surface area contributed by atoms with Crippen LogP contribution >= 0.6 is 0 Å². The molecule has 2 saturated carbocycles. The summed E-state index contributed by atoms with van der Waals surface area (Å²) in [5.41, 5.74) is 0. The molecule has 0 aromatic rings. The van der Waals surface area contributed by atoms with E-state index in [9.17, 15) is 9.59 Å². The second-order valence-electron chi connectivity index (χ2n) is 6.28. The van der Waals surface area contributed by atoms with Crippen LogP contribution in [0.3, 0.4) is 0 Å². The number of unbranched alkanes of at least 4 members (excludes halogenated alkanes) is 2. The maximum atomic E-state index is 11.6. The lowest BCUT2D eigenvalue weighted by molar-refractivity contribution is -0.137. The van der Waals surface area contributed by atoms with Gasteiger partial charge in [0.05, 0.1) is 0 Å². The van der Waals surface area contributed by atoms with Gasteiger partial charge in [0.2, 0.25) is 0 Å². The smallest absolute Gasteiger partial charge is 0.314 e. The highest BCUT2D eigenvalue weighted by atomic mass is 16.4. The summed E-state index contributed by atoms with van der Waals surface area (Å²) in [6.45, 7) is 1.44. The van der Waals surface area contributed by atoms with Crippen LogP contribution in [-0.4, -0.2) is 30.2 Å². The molecule has 3 atom stereocenters. The van der Waals surface area contributed by atoms with Crippen molar-refractivity contribution in [3.8, 4) is 0 Å². The maximum Gasteiger partial charge on any atom is 0.314 e. The summed E-state index contributed by atoms with van der Waals surface area (Å²) >= 11 is 0. The van der Waals surface area contributed by atoms with Gasteiger partial charge in [-0.2, -0.15) is 0 Å². The molecule has 114 valence electrons. The Morgan fingerprint density at radius 1 is 1.05 bits per heavy atom. The van der Waals surface area contributed by atoms with Crippen molar-refractivity contribution >= 4 is 12.0 Å². The number of rotatable bonds is 8. The van der Waals surface area contributed by atoms with E-state index in [1.54, 1.807) is 0 Å². The van der Waals surface area contributed by atoms with Crippen molar-refractivity contribution in [1.82, 2.24) is 10.6 Å². The first kappa shape index (κ1) is 15.1. The monoisotopic (exact) mass is 282 g/mol. The summed E-state index contributed by atoms with van der Waals surface area (Å²) in [7, 11) is 0. The third-order valence-electron chi connectivity index (χ3n) is 4.76. The molecule has 2 aliphatic carbocycles. The molecule has 2 bridgehead atoms. The van der Waals surface area contributed by atoms with Crippen molar-refractivity contribution in [2.75, 3.05) is 13.1 Å². The van der Waals surface area contributed by atoms with Crippen LogP contribution in [0.5, 0.6) is 0 Å². The fraction of sp³-hybridized carbons (Fsp3) is 0.867. The first-order chi connectivity index (χ1) is 9.65. The Morgan fingerprint density at radius 3 is 2.55 bits per heavy atom. The Bertz CT molecular complexity index is 346. The average molecular weight is 282 g/mol. The Balaban J connectivity index is 1.45. The van der Waals surface area contributed by atoms with Crippen LogP contribution in [0, 0.1) is 17.8 Å². The number of carboxylic acid groups (broad SMARTS) is 1. The standard InChI is InChI=1S/C15H26N2O3/c18-14(19)4-2-1-3-7-16-15(20)17-10-13-9-11-5-6-12(13)8-11/h11-13H,1-10H2,(H,18,19)(H2,16,17,20). The summed E-state index contributed by atoms with van der Waals surface area (Å²) in [5.74, 6) is 1.71. The number of carbonyl (C=O) groups is 2. The SMILES string of the molecule is O=C(O)CCCCCNC(=O)NCC1CC2CCC1C2. The second-order valence-corrected chi connectivity index (χ2v) is 6.28. The van der Waals surface area contributed by atoms with E-state index in [-0.39, 0.29) is 12.5 Å². The van der Waals surface area contributed by atoms with Crippen molar-refractivity contribution < 1.29 is 14.7 Å². The summed E-state index contributed by atoms with van der Waals surface area (Å²) < 4.78 is 0. The molecule has 2 amide bonds. The molecule has 0 spiro atoms. The number of aliphatic carboxylic acids is 1. The zero-order chi connectivity index (χ0) is 14.4. The lowest BCUT2D eigenvalue weighted by Gasteiger charge is -2.21. The van der Waals surface area contributed by atoms with Crippen LogP contribution in [-0.2, 0) is 4.79 Å². The predicted molar refractivity (Wildman–Crippen MR) is 76.4 cm³/mol. The van der Waals surface area contributed by atoms with Crippen LogP contribution in [0.1, 0.15) is 51.4 Å². The van der Waals surface area contributed by atoms with Gasteiger partial charge in [-0.3, -0.25) is 4.79 Å². The molecular weight excluding hydrogens is 256 g/mol. The van der Waals surface area contributed by atoms with Crippen LogP contribution in [0.4, 0.5) is 4.79 Å². The molecule has 2 fully saturated rings. The molecule has 0 saturated heterocycles. The van der Waals surface area contributed by atoms with E-state index in [4.69, 9.17) is 5.11 Å².